The maximum atomic E-state index is 11.2. The summed E-state index contributed by atoms with van der Waals surface area (Å²) in [5.41, 5.74) is 2.08. The fraction of sp³-hybridized carbons (Fsp3) is 0.438. The summed E-state index contributed by atoms with van der Waals surface area (Å²) in [7, 11) is 0. The van der Waals surface area contributed by atoms with Crippen LogP contribution in [-0.2, 0) is 11.3 Å². The van der Waals surface area contributed by atoms with E-state index in [0.29, 0.717) is 6.54 Å². The summed E-state index contributed by atoms with van der Waals surface area (Å²) in [6, 6.07) is 8.01. The number of benzene rings is 1. The number of hydrogen-bond acceptors (Lipinski definition) is 3. The van der Waals surface area contributed by atoms with Crippen LogP contribution in [0.3, 0.4) is 0 Å². The first kappa shape index (κ1) is 13.2. The number of fused-ring (bicyclic) bond motifs is 1. The largest absolute Gasteiger partial charge is 0.481 e. The fourth-order valence-corrected chi connectivity index (χ4v) is 3.16. The zero-order valence-corrected chi connectivity index (χ0v) is 11.8. The number of nitrogens with zero attached hydrogens (tertiary/aromatic N) is 1. The van der Waals surface area contributed by atoms with Crippen molar-refractivity contribution in [1.29, 1.82) is 0 Å². The molecule has 1 aliphatic heterocycles. The third-order valence-electron chi connectivity index (χ3n) is 4.29. The summed E-state index contributed by atoms with van der Waals surface area (Å²) in [5, 5.41) is 10.3. The van der Waals surface area contributed by atoms with E-state index < -0.39 is 5.97 Å². The Hall–Kier alpha value is -1.81. The number of rotatable bonds is 3. The second kappa shape index (κ2) is 4.94. The molecule has 0 radical (unpaired) electrons. The Morgan fingerprint density at radius 3 is 2.85 bits per heavy atom. The molecule has 0 amide bonds. The molecule has 2 unspecified atom stereocenters. The maximum Gasteiger partial charge on any atom is 0.308 e. The second-order valence-electron chi connectivity index (χ2n) is 5.75. The third kappa shape index (κ3) is 2.20. The highest BCUT2D eigenvalue weighted by molar-refractivity contribution is 5.82. The minimum Gasteiger partial charge on any atom is -0.481 e. The summed E-state index contributed by atoms with van der Waals surface area (Å²) in [4.78, 5) is 13.4. The Morgan fingerprint density at radius 1 is 1.40 bits per heavy atom. The molecule has 0 saturated carbocycles. The molecule has 2 atom stereocenters. The SMILES string of the molecule is Cc1oc2ccccc2c1CN1CC(C)C(C(=O)O)C1. The van der Waals surface area contributed by atoms with Gasteiger partial charge < -0.3 is 9.52 Å². The first-order chi connectivity index (χ1) is 9.56. The van der Waals surface area contributed by atoms with Gasteiger partial charge in [-0.2, -0.15) is 0 Å². The van der Waals surface area contributed by atoms with E-state index in [4.69, 9.17) is 4.42 Å². The molecule has 4 heteroatoms. The van der Waals surface area contributed by atoms with Crippen molar-refractivity contribution in [3.8, 4) is 0 Å². The highest BCUT2D eigenvalue weighted by atomic mass is 16.4. The van der Waals surface area contributed by atoms with E-state index in [1.807, 2.05) is 32.0 Å². The van der Waals surface area contributed by atoms with Crippen LogP contribution in [0.15, 0.2) is 28.7 Å². The van der Waals surface area contributed by atoms with Crippen LogP contribution in [0.4, 0.5) is 0 Å². The predicted octanol–water partition coefficient (Wildman–Crippen LogP) is 2.89. The van der Waals surface area contributed by atoms with Crippen molar-refractivity contribution >= 4 is 16.9 Å². The van der Waals surface area contributed by atoms with Crippen LogP contribution in [0, 0.1) is 18.8 Å². The molecule has 0 aliphatic carbocycles. The number of hydrogen-bond donors (Lipinski definition) is 1. The van der Waals surface area contributed by atoms with Gasteiger partial charge in [0.15, 0.2) is 0 Å². The normalized spacial score (nSPS) is 23.5. The van der Waals surface area contributed by atoms with Crippen molar-refractivity contribution < 1.29 is 14.3 Å². The van der Waals surface area contributed by atoms with Crippen molar-refractivity contribution in [3.63, 3.8) is 0 Å². The van der Waals surface area contributed by atoms with Crippen LogP contribution in [-0.4, -0.2) is 29.1 Å². The number of furan rings is 1. The van der Waals surface area contributed by atoms with E-state index in [2.05, 4.69) is 11.0 Å². The standard InChI is InChI=1S/C16H19NO3/c1-10-7-17(8-13(10)16(18)19)9-14-11(2)20-15-6-4-3-5-12(14)15/h3-6,10,13H,7-9H2,1-2H3,(H,18,19). The Morgan fingerprint density at radius 2 is 2.15 bits per heavy atom. The number of carboxylic acids is 1. The number of carbonyl (C=O) groups is 1. The lowest BCUT2D eigenvalue weighted by molar-refractivity contribution is -0.142. The lowest BCUT2D eigenvalue weighted by Gasteiger charge is -2.14. The zero-order chi connectivity index (χ0) is 14.3. The molecule has 1 aliphatic rings. The molecular formula is C16H19NO3. The van der Waals surface area contributed by atoms with Gasteiger partial charge in [-0.25, -0.2) is 0 Å². The Bertz CT molecular complexity index is 646. The van der Waals surface area contributed by atoms with Gasteiger partial charge in [-0.1, -0.05) is 25.1 Å². The van der Waals surface area contributed by atoms with E-state index in [0.717, 1.165) is 29.8 Å². The van der Waals surface area contributed by atoms with Crippen LogP contribution >= 0.6 is 0 Å². The van der Waals surface area contributed by atoms with Crippen molar-refractivity contribution in [3.05, 3.63) is 35.6 Å². The quantitative estimate of drug-likeness (QED) is 0.934. The topological polar surface area (TPSA) is 53.7 Å². The van der Waals surface area contributed by atoms with Gasteiger partial charge in [0.25, 0.3) is 0 Å². The van der Waals surface area contributed by atoms with E-state index in [1.165, 1.54) is 5.56 Å². The van der Waals surface area contributed by atoms with Gasteiger partial charge in [0.2, 0.25) is 0 Å². The van der Waals surface area contributed by atoms with Crippen molar-refractivity contribution in [2.75, 3.05) is 13.1 Å². The van der Waals surface area contributed by atoms with Crippen molar-refractivity contribution in [2.24, 2.45) is 11.8 Å². The van der Waals surface area contributed by atoms with E-state index in [1.54, 1.807) is 0 Å². The molecule has 1 aromatic heterocycles. The molecular weight excluding hydrogens is 254 g/mol. The summed E-state index contributed by atoms with van der Waals surface area (Å²) >= 11 is 0. The molecule has 1 fully saturated rings. The average Bonchev–Trinajstić information content (AvgIpc) is 2.92. The van der Waals surface area contributed by atoms with E-state index in [9.17, 15) is 9.90 Å². The molecule has 1 N–H and O–H groups in total. The lowest BCUT2D eigenvalue weighted by atomic mass is 9.99. The summed E-state index contributed by atoms with van der Waals surface area (Å²) < 4.78 is 5.77. The first-order valence-electron chi connectivity index (χ1n) is 6.98. The van der Waals surface area contributed by atoms with Crippen LogP contribution in [0.1, 0.15) is 18.2 Å². The Labute approximate surface area is 118 Å². The van der Waals surface area contributed by atoms with Crippen molar-refractivity contribution in [2.45, 2.75) is 20.4 Å². The average molecular weight is 273 g/mol. The Balaban J connectivity index is 1.84. The van der Waals surface area contributed by atoms with Gasteiger partial charge in [-0.3, -0.25) is 9.69 Å². The van der Waals surface area contributed by atoms with Crippen LogP contribution in [0.25, 0.3) is 11.0 Å². The van der Waals surface area contributed by atoms with Crippen LogP contribution in [0.5, 0.6) is 0 Å². The van der Waals surface area contributed by atoms with E-state index >= 15 is 0 Å². The lowest BCUT2D eigenvalue weighted by Crippen LogP contribution is -2.23. The molecule has 20 heavy (non-hydrogen) atoms. The van der Waals surface area contributed by atoms with Gasteiger partial charge in [0.1, 0.15) is 11.3 Å². The van der Waals surface area contributed by atoms with Crippen LogP contribution in [0.2, 0.25) is 0 Å². The highest BCUT2D eigenvalue weighted by Crippen LogP contribution is 2.30. The summed E-state index contributed by atoms with van der Waals surface area (Å²) in [6.45, 7) is 6.20. The second-order valence-corrected chi connectivity index (χ2v) is 5.75. The summed E-state index contributed by atoms with van der Waals surface area (Å²) in [6.07, 6.45) is 0. The number of aryl methyl sites for hydroxylation is 1. The Kier molecular flexibility index (Phi) is 3.26. The minimum absolute atomic E-state index is 0.200. The first-order valence-corrected chi connectivity index (χ1v) is 6.98. The van der Waals surface area contributed by atoms with Crippen LogP contribution < -0.4 is 0 Å². The number of likely N-dealkylation sites (tertiary alicyclic amines) is 1. The molecule has 1 saturated heterocycles. The van der Waals surface area contributed by atoms with Gasteiger partial charge in [0, 0.05) is 30.6 Å². The molecule has 2 heterocycles. The monoisotopic (exact) mass is 273 g/mol. The number of para-hydroxylation sites is 1. The van der Waals surface area contributed by atoms with Gasteiger partial charge in [-0.05, 0) is 18.9 Å². The van der Waals surface area contributed by atoms with Gasteiger partial charge in [0.05, 0.1) is 5.92 Å². The predicted molar refractivity (Wildman–Crippen MR) is 76.5 cm³/mol. The number of aliphatic carboxylic acids is 1. The molecule has 106 valence electrons. The molecule has 0 spiro atoms. The molecule has 2 aromatic rings. The molecule has 3 rings (SSSR count). The summed E-state index contributed by atoms with van der Waals surface area (Å²) in [5.74, 6) is 0.186. The molecule has 4 nitrogen and oxygen atoms in total. The van der Waals surface area contributed by atoms with Gasteiger partial charge in [-0.15, -0.1) is 0 Å². The minimum atomic E-state index is -0.686. The van der Waals surface area contributed by atoms with Gasteiger partial charge >= 0.3 is 5.97 Å². The van der Waals surface area contributed by atoms with E-state index in [-0.39, 0.29) is 11.8 Å². The van der Waals surface area contributed by atoms with Crippen molar-refractivity contribution in [1.82, 2.24) is 4.90 Å². The highest BCUT2D eigenvalue weighted by Gasteiger charge is 2.35. The smallest absolute Gasteiger partial charge is 0.308 e. The fourth-order valence-electron chi connectivity index (χ4n) is 3.16. The molecule has 0 bridgehead atoms. The third-order valence-corrected chi connectivity index (χ3v) is 4.29. The number of carboxylic acid groups (broad SMARTS) is 1. The maximum absolute atomic E-state index is 11.2. The molecule has 1 aromatic carbocycles. The zero-order valence-electron chi connectivity index (χ0n) is 11.8.